The van der Waals surface area contributed by atoms with Gasteiger partial charge in [0.2, 0.25) is 0 Å². The van der Waals surface area contributed by atoms with Crippen molar-refractivity contribution >= 4 is 28.6 Å². The van der Waals surface area contributed by atoms with Crippen molar-refractivity contribution in [1.29, 1.82) is 0 Å². The lowest BCUT2D eigenvalue weighted by Crippen LogP contribution is -2.22. The van der Waals surface area contributed by atoms with Gasteiger partial charge >= 0.3 is 5.97 Å². The summed E-state index contributed by atoms with van der Waals surface area (Å²) in [5, 5.41) is 2.88. The van der Waals surface area contributed by atoms with Crippen LogP contribution in [-0.4, -0.2) is 28.5 Å². The first-order valence-corrected chi connectivity index (χ1v) is 8.90. The van der Waals surface area contributed by atoms with Crippen LogP contribution in [0.25, 0.3) is 11.0 Å². The minimum absolute atomic E-state index is 0.332. The highest BCUT2D eigenvalue weighted by Gasteiger charge is 2.14. The Morgan fingerprint density at radius 2 is 1.63 bits per heavy atom. The van der Waals surface area contributed by atoms with Crippen LogP contribution in [-0.2, 0) is 22.4 Å². The average Bonchev–Trinajstić information content (AvgIpc) is 2.71. The zero-order valence-electron chi connectivity index (χ0n) is 15.4. The maximum atomic E-state index is 12.3. The number of anilines is 1. The van der Waals surface area contributed by atoms with Crippen molar-refractivity contribution in [2.45, 2.75) is 26.7 Å². The highest BCUT2D eigenvalue weighted by Crippen LogP contribution is 2.22. The summed E-state index contributed by atoms with van der Waals surface area (Å²) in [6.07, 6.45) is 4.76. The Morgan fingerprint density at radius 3 is 2.30 bits per heavy atom. The van der Waals surface area contributed by atoms with Crippen LogP contribution in [0.4, 0.5) is 5.69 Å². The lowest BCUT2D eigenvalue weighted by Gasteiger charge is -2.14. The number of aromatic nitrogens is 2. The van der Waals surface area contributed by atoms with E-state index in [-0.39, 0.29) is 12.5 Å². The number of hydrogen-bond donors (Lipinski definition) is 1. The van der Waals surface area contributed by atoms with Gasteiger partial charge in [-0.2, -0.15) is 0 Å². The molecule has 0 spiro atoms. The number of benzene rings is 2. The standard InChI is InChI=1S/C21H21N3O3/c1-3-14-6-5-7-15(4-2)20(14)24-19(25)13-27-21(26)16-8-9-17-18(12-16)23-11-10-22-17/h5-12H,3-4,13H2,1-2H3,(H,24,25). The highest BCUT2D eigenvalue weighted by molar-refractivity contribution is 5.97. The summed E-state index contributed by atoms with van der Waals surface area (Å²) in [4.78, 5) is 32.8. The van der Waals surface area contributed by atoms with E-state index < -0.39 is 5.97 Å². The molecular weight excluding hydrogens is 342 g/mol. The molecule has 1 aromatic heterocycles. The van der Waals surface area contributed by atoms with Gasteiger partial charge in [-0.3, -0.25) is 14.8 Å². The van der Waals surface area contributed by atoms with E-state index in [9.17, 15) is 9.59 Å². The van der Waals surface area contributed by atoms with Crippen molar-refractivity contribution in [2.75, 3.05) is 11.9 Å². The molecule has 1 heterocycles. The number of nitrogens with zero attached hydrogens (tertiary/aromatic N) is 2. The van der Waals surface area contributed by atoms with Crippen molar-refractivity contribution in [1.82, 2.24) is 9.97 Å². The molecule has 0 atom stereocenters. The van der Waals surface area contributed by atoms with Gasteiger partial charge in [0.25, 0.3) is 5.91 Å². The predicted octanol–water partition coefficient (Wildman–Crippen LogP) is 3.55. The van der Waals surface area contributed by atoms with Gasteiger partial charge in [-0.25, -0.2) is 4.79 Å². The molecule has 138 valence electrons. The number of hydrogen-bond acceptors (Lipinski definition) is 5. The molecule has 6 heteroatoms. The van der Waals surface area contributed by atoms with Crippen molar-refractivity contribution in [3.63, 3.8) is 0 Å². The second-order valence-corrected chi connectivity index (χ2v) is 6.04. The van der Waals surface area contributed by atoms with E-state index in [0.717, 1.165) is 29.7 Å². The van der Waals surface area contributed by atoms with E-state index in [1.807, 2.05) is 32.0 Å². The number of ether oxygens (including phenoxy) is 1. The minimum atomic E-state index is -0.572. The largest absolute Gasteiger partial charge is 0.452 e. The molecule has 0 saturated heterocycles. The van der Waals surface area contributed by atoms with Gasteiger partial charge in [0, 0.05) is 18.1 Å². The van der Waals surface area contributed by atoms with Crippen molar-refractivity contribution in [3.8, 4) is 0 Å². The zero-order chi connectivity index (χ0) is 19.2. The van der Waals surface area contributed by atoms with Crippen molar-refractivity contribution < 1.29 is 14.3 Å². The number of amides is 1. The Bertz CT molecular complexity index is 963. The van der Waals surface area contributed by atoms with Crippen LogP contribution < -0.4 is 5.32 Å². The summed E-state index contributed by atoms with van der Waals surface area (Å²) in [6.45, 7) is 3.72. The van der Waals surface area contributed by atoms with Crippen molar-refractivity contribution in [3.05, 3.63) is 65.5 Å². The van der Waals surface area contributed by atoms with Crippen molar-refractivity contribution in [2.24, 2.45) is 0 Å². The Balaban J connectivity index is 1.66. The molecule has 27 heavy (non-hydrogen) atoms. The van der Waals surface area contributed by atoms with E-state index in [1.165, 1.54) is 0 Å². The summed E-state index contributed by atoms with van der Waals surface area (Å²) in [7, 11) is 0. The zero-order valence-corrected chi connectivity index (χ0v) is 15.4. The molecule has 1 amide bonds. The molecule has 3 rings (SSSR count). The summed E-state index contributed by atoms with van der Waals surface area (Å²) in [6, 6.07) is 10.9. The molecule has 0 aliphatic rings. The molecular formula is C21H21N3O3. The van der Waals surface area contributed by atoms with E-state index >= 15 is 0 Å². The van der Waals surface area contributed by atoms with Gasteiger partial charge < -0.3 is 10.1 Å². The second kappa shape index (κ2) is 8.40. The van der Waals surface area contributed by atoms with E-state index in [1.54, 1.807) is 30.6 Å². The smallest absolute Gasteiger partial charge is 0.338 e. The summed E-state index contributed by atoms with van der Waals surface area (Å²) in [5.74, 6) is -0.934. The Hall–Kier alpha value is -3.28. The molecule has 2 aromatic carbocycles. The fraction of sp³-hybridized carbons (Fsp3) is 0.238. The van der Waals surface area contributed by atoms with Crippen LogP contribution in [0.1, 0.15) is 35.3 Å². The van der Waals surface area contributed by atoms with Gasteiger partial charge in [0.05, 0.1) is 16.6 Å². The third kappa shape index (κ3) is 4.28. The first kappa shape index (κ1) is 18.5. The van der Waals surface area contributed by atoms with Crippen LogP contribution >= 0.6 is 0 Å². The molecule has 0 fully saturated rings. The van der Waals surface area contributed by atoms with Gasteiger partial charge in [0.1, 0.15) is 0 Å². The molecule has 6 nitrogen and oxygen atoms in total. The summed E-state index contributed by atoms with van der Waals surface area (Å²) < 4.78 is 5.16. The predicted molar refractivity (Wildman–Crippen MR) is 104 cm³/mol. The lowest BCUT2D eigenvalue weighted by molar-refractivity contribution is -0.119. The molecule has 0 unspecified atom stereocenters. The topological polar surface area (TPSA) is 81.2 Å². The quantitative estimate of drug-likeness (QED) is 0.677. The minimum Gasteiger partial charge on any atom is -0.452 e. The summed E-state index contributed by atoms with van der Waals surface area (Å²) >= 11 is 0. The van der Waals surface area contributed by atoms with E-state index in [0.29, 0.717) is 16.6 Å². The molecule has 0 radical (unpaired) electrons. The number of fused-ring (bicyclic) bond motifs is 1. The SMILES string of the molecule is CCc1cccc(CC)c1NC(=O)COC(=O)c1ccc2nccnc2c1. The monoisotopic (exact) mass is 363 g/mol. The number of para-hydroxylation sites is 1. The molecule has 3 aromatic rings. The maximum absolute atomic E-state index is 12.3. The van der Waals surface area contributed by atoms with E-state index in [2.05, 4.69) is 15.3 Å². The van der Waals surface area contributed by atoms with Gasteiger partial charge in [-0.05, 0) is 42.2 Å². The first-order valence-electron chi connectivity index (χ1n) is 8.90. The fourth-order valence-corrected chi connectivity index (χ4v) is 2.88. The molecule has 0 saturated carbocycles. The van der Waals surface area contributed by atoms with Crippen LogP contribution in [0.3, 0.4) is 0 Å². The number of aryl methyl sites for hydroxylation is 2. The van der Waals surface area contributed by atoms with Gasteiger partial charge in [0.15, 0.2) is 6.61 Å². The summed E-state index contributed by atoms with van der Waals surface area (Å²) in [5.41, 5.74) is 4.55. The third-order valence-electron chi connectivity index (χ3n) is 4.30. The average molecular weight is 363 g/mol. The van der Waals surface area contributed by atoms with Crippen LogP contribution in [0.5, 0.6) is 0 Å². The number of esters is 1. The van der Waals surface area contributed by atoms with Gasteiger partial charge in [-0.1, -0.05) is 32.0 Å². The Labute approximate surface area is 157 Å². The molecule has 0 aliphatic heterocycles. The Morgan fingerprint density at radius 1 is 0.963 bits per heavy atom. The first-order chi connectivity index (χ1) is 13.1. The van der Waals surface area contributed by atoms with E-state index in [4.69, 9.17) is 4.74 Å². The highest BCUT2D eigenvalue weighted by atomic mass is 16.5. The molecule has 1 N–H and O–H groups in total. The fourth-order valence-electron chi connectivity index (χ4n) is 2.88. The Kier molecular flexibility index (Phi) is 5.76. The number of carbonyl (C=O) groups is 2. The maximum Gasteiger partial charge on any atom is 0.338 e. The number of carbonyl (C=O) groups excluding carboxylic acids is 2. The second-order valence-electron chi connectivity index (χ2n) is 6.04. The van der Waals surface area contributed by atoms with Crippen LogP contribution in [0.15, 0.2) is 48.8 Å². The molecule has 0 aliphatic carbocycles. The van der Waals surface area contributed by atoms with Crippen LogP contribution in [0, 0.1) is 0 Å². The normalized spacial score (nSPS) is 10.6. The van der Waals surface area contributed by atoms with Gasteiger partial charge in [-0.15, -0.1) is 0 Å². The number of nitrogens with one attached hydrogen (secondary N) is 1. The van der Waals surface area contributed by atoms with Crippen LogP contribution in [0.2, 0.25) is 0 Å². The lowest BCUT2D eigenvalue weighted by atomic mass is 10.0. The molecule has 0 bridgehead atoms. The number of rotatable bonds is 6. The third-order valence-corrected chi connectivity index (χ3v) is 4.30.